The van der Waals surface area contributed by atoms with Crippen LogP contribution >= 0.6 is 15.9 Å². The Hall–Kier alpha value is -2.14. The van der Waals surface area contributed by atoms with Gasteiger partial charge in [-0.1, -0.05) is 22.0 Å². The Morgan fingerprint density at radius 2 is 1.95 bits per heavy atom. The van der Waals surface area contributed by atoms with Crippen molar-refractivity contribution in [3.63, 3.8) is 0 Å². The third kappa shape index (κ3) is 3.13. The summed E-state index contributed by atoms with van der Waals surface area (Å²) < 4.78 is 14.0. The number of carbonyl (C=O) groups excluding carboxylic acids is 1. The molecule has 3 rings (SSSR count). The largest absolute Gasteiger partial charge is 0.294 e. The van der Waals surface area contributed by atoms with Gasteiger partial charge in [-0.05, 0) is 29.7 Å². The summed E-state index contributed by atoms with van der Waals surface area (Å²) in [5, 5.41) is 2.01. The van der Waals surface area contributed by atoms with Crippen LogP contribution in [0.2, 0.25) is 0 Å². The lowest BCUT2D eigenvalue weighted by Crippen LogP contribution is -2.05. The fourth-order valence-corrected chi connectivity index (χ4v) is 2.48. The normalized spacial score (nSPS) is 10.8. The number of aromatic nitrogens is 2. The molecule has 0 radical (unpaired) electrons. The molecule has 0 spiro atoms. The van der Waals surface area contributed by atoms with Crippen LogP contribution in [0.4, 0.5) is 4.39 Å². The van der Waals surface area contributed by atoms with Gasteiger partial charge in [-0.3, -0.25) is 9.78 Å². The van der Waals surface area contributed by atoms with E-state index in [1.807, 2.05) is 24.3 Å². The van der Waals surface area contributed by atoms with Gasteiger partial charge >= 0.3 is 0 Å². The Kier molecular flexibility index (Phi) is 3.75. The van der Waals surface area contributed by atoms with Crippen LogP contribution in [0.1, 0.15) is 16.1 Å². The van der Waals surface area contributed by atoms with Gasteiger partial charge in [-0.2, -0.15) is 4.39 Å². The van der Waals surface area contributed by atoms with E-state index in [0.717, 1.165) is 21.3 Å². The van der Waals surface area contributed by atoms with Crippen molar-refractivity contribution in [2.24, 2.45) is 0 Å². The molecule has 0 bridgehead atoms. The van der Waals surface area contributed by atoms with Gasteiger partial charge in [0.2, 0.25) is 5.95 Å². The zero-order valence-electron chi connectivity index (χ0n) is 10.9. The van der Waals surface area contributed by atoms with Crippen molar-refractivity contribution in [2.75, 3.05) is 0 Å². The number of hydrogen-bond acceptors (Lipinski definition) is 3. The average molecular weight is 345 g/mol. The second kappa shape index (κ2) is 5.69. The maximum Gasteiger partial charge on any atom is 0.213 e. The SMILES string of the molecule is O=C(Cc1cc2cc(Br)ccc2cn1)c1ccnc(F)c1. The number of hydrogen-bond donors (Lipinski definition) is 0. The first-order chi connectivity index (χ1) is 10.1. The highest BCUT2D eigenvalue weighted by atomic mass is 79.9. The molecular weight excluding hydrogens is 335 g/mol. The standard InChI is InChI=1S/C16H10BrFN2O/c17-13-2-1-11-9-20-14(6-12(11)5-13)8-15(21)10-3-4-19-16(18)7-10/h1-7,9H,8H2. The van der Waals surface area contributed by atoms with E-state index in [1.165, 1.54) is 12.3 Å². The highest BCUT2D eigenvalue weighted by Gasteiger charge is 2.10. The Morgan fingerprint density at radius 1 is 1.10 bits per heavy atom. The Morgan fingerprint density at radius 3 is 2.76 bits per heavy atom. The molecule has 1 aromatic carbocycles. The first kappa shape index (κ1) is 13.8. The molecule has 21 heavy (non-hydrogen) atoms. The van der Waals surface area contributed by atoms with Crippen molar-refractivity contribution >= 4 is 32.5 Å². The van der Waals surface area contributed by atoms with Gasteiger partial charge in [0, 0.05) is 39.6 Å². The second-order valence-corrected chi connectivity index (χ2v) is 5.55. The van der Waals surface area contributed by atoms with Crippen LogP contribution in [-0.4, -0.2) is 15.8 Å². The lowest BCUT2D eigenvalue weighted by atomic mass is 10.1. The van der Waals surface area contributed by atoms with Crippen molar-refractivity contribution in [2.45, 2.75) is 6.42 Å². The monoisotopic (exact) mass is 344 g/mol. The maximum absolute atomic E-state index is 13.0. The molecule has 104 valence electrons. The number of rotatable bonds is 3. The third-order valence-electron chi connectivity index (χ3n) is 3.13. The summed E-state index contributed by atoms with van der Waals surface area (Å²) in [4.78, 5) is 19.8. The molecule has 0 unspecified atom stereocenters. The number of ketones is 1. The van der Waals surface area contributed by atoms with E-state index >= 15 is 0 Å². The number of pyridine rings is 2. The highest BCUT2D eigenvalue weighted by molar-refractivity contribution is 9.10. The van der Waals surface area contributed by atoms with E-state index in [1.54, 1.807) is 6.20 Å². The Balaban J connectivity index is 1.89. The number of nitrogens with zero attached hydrogens (tertiary/aromatic N) is 2. The molecule has 0 aliphatic carbocycles. The van der Waals surface area contributed by atoms with Crippen molar-refractivity contribution in [3.05, 3.63) is 70.5 Å². The fraction of sp³-hybridized carbons (Fsp3) is 0.0625. The van der Waals surface area contributed by atoms with E-state index in [4.69, 9.17) is 0 Å². The van der Waals surface area contributed by atoms with E-state index in [0.29, 0.717) is 11.3 Å². The van der Waals surface area contributed by atoms with E-state index in [-0.39, 0.29) is 12.2 Å². The minimum Gasteiger partial charge on any atom is -0.294 e. The van der Waals surface area contributed by atoms with E-state index in [9.17, 15) is 9.18 Å². The van der Waals surface area contributed by atoms with Crippen molar-refractivity contribution in [3.8, 4) is 0 Å². The molecule has 2 aromatic heterocycles. The summed E-state index contributed by atoms with van der Waals surface area (Å²) in [6.45, 7) is 0. The van der Waals surface area contributed by atoms with Gasteiger partial charge in [-0.25, -0.2) is 4.98 Å². The molecule has 0 atom stereocenters. The molecule has 5 heteroatoms. The van der Waals surface area contributed by atoms with Gasteiger partial charge in [0.1, 0.15) is 0 Å². The molecule has 0 fully saturated rings. The predicted molar refractivity (Wildman–Crippen MR) is 81.7 cm³/mol. The van der Waals surface area contributed by atoms with Gasteiger partial charge in [0.25, 0.3) is 0 Å². The first-order valence-corrected chi connectivity index (χ1v) is 7.10. The summed E-state index contributed by atoms with van der Waals surface area (Å²) in [6, 6.07) is 10.4. The third-order valence-corrected chi connectivity index (χ3v) is 3.62. The second-order valence-electron chi connectivity index (χ2n) is 4.63. The fourth-order valence-electron chi connectivity index (χ4n) is 2.10. The average Bonchev–Trinajstić information content (AvgIpc) is 2.46. The zero-order valence-corrected chi connectivity index (χ0v) is 12.5. The summed E-state index contributed by atoms with van der Waals surface area (Å²) in [5.74, 6) is -0.839. The minimum atomic E-state index is -0.656. The van der Waals surface area contributed by atoms with Gasteiger partial charge < -0.3 is 0 Å². The number of Topliss-reactive ketones (excluding diaryl/α,β-unsaturated/α-hetero) is 1. The quantitative estimate of drug-likeness (QED) is 0.533. The maximum atomic E-state index is 13.0. The van der Waals surface area contributed by atoms with Crippen molar-refractivity contribution in [1.29, 1.82) is 0 Å². The topological polar surface area (TPSA) is 42.9 Å². The molecule has 0 amide bonds. The minimum absolute atomic E-state index is 0.131. The molecule has 0 saturated carbocycles. The molecule has 0 N–H and O–H groups in total. The molecule has 3 aromatic rings. The molecule has 0 aliphatic heterocycles. The molecule has 0 saturated heterocycles. The molecule has 2 heterocycles. The van der Waals surface area contributed by atoms with Crippen molar-refractivity contribution in [1.82, 2.24) is 9.97 Å². The molecule has 0 aliphatic rings. The Bertz CT molecular complexity index is 835. The van der Waals surface area contributed by atoms with Crippen LogP contribution in [0.25, 0.3) is 10.8 Å². The summed E-state index contributed by atoms with van der Waals surface area (Å²) >= 11 is 3.42. The lowest BCUT2D eigenvalue weighted by Gasteiger charge is -2.04. The first-order valence-electron chi connectivity index (χ1n) is 6.31. The van der Waals surface area contributed by atoms with Crippen molar-refractivity contribution < 1.29 is 9.18 Å². The lowest BCUT2D eigenvalue weighted by molar-refractivity contribution is 0.0991. The van der Waals surface area contributed by atoms with Crippen LogP contribution < -0.4 is 0 Å². The van der Waals surface area contributed by atoms with E-state index < -0.39 is 5.95 Å². The number of halogens is 2. The van der Waals surface area contributed by atoms with Gasteiger partial charge in [-0.15, -0.1) is 0 Å². The van der Waals surface area contributed by atoms with Gasteiger partial charge in [0.05, 0.1) is 6.42 Å². The molecular formula is C16H10BrFN2O. The van der Waals surface area contributed by atoms with E-state index in [2.05, 4.69) is 25.9 Å². The summed E-state index contributed by atoms with van der Waals surface area (Å²) in [5.41, 5.74) is 0.960. The highest BCUT2D eigenvalue weighted by Crippen LogP contribution is 2.20. The molecule has 3 nitrogen and oxygen atoms in total. The Labute approximate surface area is 129 Å². The van der Waals surface area contributed by atoms with Crippen LogP contribution in [0.3, 0.4) is 0 Å². The van der Waals surface area contributed by atoms with Crippen LogP contribution in [0.15, 0.2) is 53.3 Å². The number of benzene rings is 1. The smallest absolute Gasteiger partial charge is 0.213 e. The zero-order chi connectivity index (χ0) is 14.8. The van der Waals surface area contributed by atoms with Crippen LogP contribution in [0.5, 0.6) is 0 Å². The summed E-state index contributed by atoms with van der Waals surface area (Å²) in [7, 11) is 0. The summed E-state index contributed by atoms with van der Waals surface area (Å²) in [6.07, 6.45) is 3.15. The number of fused-ring (bicyclic) bond motifs is 1. The number of carbonyl (C=O) groups is 1. The predicted octanol–water partition coefficient (Wildman–Crippen LogP) is 3.96. The van der Waals surface area contributed by atoms with Crippen LogP contribution in [0, 0.1) is 5.95 Å². The van der Waals surface area contributed by atoms with Crippen LogP contribution in [-0.2, 0) is 6.42 Å². The van der Waals surface area contributed by atoms with Gasteiger partial charge in [0.15, 0.2) is 5.78 Å².